The molecule has 0 radical (unpaired) electrons. The first-order valence-electron chi connectivity index (χ1n) is 12.5. The topological polar surface area (TPSA) is 81.5 Å². The SMILES string of the molecule is CCCOc1ccc([C@H]2c3c(oc4ccc(C)cc4c3=O)C(=O)N2CCN2CCOCC2)cc1OC. The maximum atomic E-state index is 13.8. The highest BCUT2D eigenvalue weighted by atomic mass is 16.5. The summed E-state index contributed by atoms with van der Waals surface area (Å²) in [5, 5.41) is 0.483. The molecule has 1 atom stereocenters. The molecule has 2 aliphatic heterocycles. The third kappa shape index (κ3) is 4.47. The number of morpholine rings is 1. The number of ether oxygens (including phenoxy) is 3. The summed E-state index contributed by atoms with van der Waals surface area (Å²) in [6.45, 7) is 8.68. The molecule has 3 heterocycles. The zero-order valence-electron chi connectivity index (χ0n) is 21.0. The highest BCUT2D eigenvalue weighted by molar-refractivity contribution is 5.99. The van der Waals surface area contributed by atoms with Gasteiger partial charge in [-0.15, -0.1) is 0 Å². The van der Waals surface area contributed by atoms with Gasteiger partial charge < -0.3 is 23.5 Å². The van der Waals surface area contributed by atoms with Crippen LogP contribution in [0.4, 0.5) is 0 Å². The van der Waals surface area contributed by atoms with E-state index >= 15 is 0 Å². The molecule has 1 amide bonds. The van der Waals surface area contributed by atoms with E-state index in [0.717, 1.165) is 30.6 Å². The molecule has 1 aromatic heterocycles. The Bertz CT molecular complexity index is 1330. The lowest BCUT2D eigenvalue weighted by Gasteiger charge is -2.31. The fourth-order valence-electron chi connectivity index (χ4n) is 4.97. The van der Waals surface area contributed by atoms with Gasteiger partial charge in [0.25, 0.3) is 5.91 Å². The van der Waals surface area contributed by atoms with Crippen LogP contribution in [-0.2, 0) is 4.74 Å². The number of fused-ring (bicyclic) bond motifs is 2. The van der Waals surface area contributed by atoms with Crippen LogP contribution in [0.2, 0.25) is 0 Å². The molecule has 0 saturated carbocycles. The first kappa shape index (κ1) is 24.3. The van der Waals surface area contributed by atoms with Gasteiger partial charge in [0.2, 0.25) is 5.76 Å². The summed E-state index contributed by atoms with van der Waals surface area (Å²) in [5.74, 6) is 1.05. The van der Waals surface area contributed by atoms with Crippen molar-refractivity contribution in [3.63, 3.8) is 0 Å². The fourth-order valence-corrected chi connectivity index (χ4v) is 4.97. The van der Waals surface area contributed by atoms with Gasteiger partial charge in [-0.05, 0) is 43.2 Å². The highest BCUT2D eigenvalue weighted by Gasteiger charge is 2.43. The second kappa shape index (κ2) is 10.3. The Hall–Kier alpha value is -3.36. The smallest absolute Gasteiger partial charge is 0.290 e. The van der Waals surface area contributed by atoms with Crippen LogP contribution in [0.5, 0.6) is 11.5 Å². The molecule has 0 N–H and O–H groups in total. The van der Waals surface area contributed by atoms with Gasteiger partial charge in [-0.3, -0.25) is 14.5 Å². The van der Waals surface area contributed by atoms with Crippen LogP contribution in [0.25, 0.3) is 11.0 Å². The molecule has 3 aromatic rings. The van der Waals surface area contributed by atoms with Gasteiger partial charge in [0.15, 0.2) is 16.9 Å². The van der Waals surface area contributed by atoms with Crippen LogP contribution in [0.3, 0.4) is 0 Å². The molecular formula is C28H32N2O6. The minimum atomic E-state index is -0.580. The van der Waals surface area contributed by atoms with Crippen LogP contribution in [-0.4, -0.2) is 68.8 Å². The largest absolute Gasteiger partial charge is 0.493 e. The lowest BCUT2D eigenvalue weighted by molar-refractivity contribution is 0.0314. The predicted molar refractivity (Wildman–Crippen MR) is 136 cm³/mol. The van der Waals surface area contributed by atoms with E-state index in [1.807, 2.05) is 44.2 Å². The molecule has 0 bridgehead atoms. The molecular weight excluding hydrogens is 460 g/mol. The molecule has 8 heteroatoms. The van der Waals surface area contributed by atoms with Crippen LogP contribution in [0.15, 0.2) is 45.6 Å². The molecule has 190 valence electrons. The second-order valence-corrected chi connectivity index (χ2v) is 9.29. The second-order valence-electron chi connectivity index (χ2n) is 9.29. The summed E-state index contributed by atoms with van der Waals surface area (Å²) in [5.41, 5.74) is 2.37. The number of hydrogen-bond acceptors (Lipinski definition) is 7. The van der Waals surface area contributed by atoms with Crippen molar-refractivity contribution in [2.24, 2.45) is 0 Å². The lowest BCUT2D eigenvalue weighted by Crippen LogP contribution is -2.42. The minimum absolute atomic E-state index is 0.119. The first-order valence-corrected chi connectivity index (χ1v) is 12.5. The van der Waals surface area contributed by atoms with E-state index in [0.29, 0.717) is 60.9 Å². The number of hydrogen-bond donors (Lipinski definition) is 0. The predicted octanol–water partition coefficient (Wildman–Crippen LogP) is 3.78. The normalized spacial score (nSPS) is 18.0. The summed E-state index contributed by atoms with van der Waals surface area (Å²) in [6, 6.07) is 10.5. The quantitative estimate of drug-likeness (QED) is 0.473. The van der Waals surface area contributed by atoms with Gasteiger partial charge in [-0.1, -0.05) is 24.6 Å². The van der Waals surface area contributed by atoms with E-state index < -0.39 is 6.04 Å². The Morgan fingerprint density at radius 3 is 2.58 bits per heavy atom. The highest BCUT2D eigenvalue weighted by Crippen LogP contribution is 2.41. The first-order chi connectivity index (χ1) is 17.5. The Morgan fingerprint density at radius 1 is 1.03 bits per heavy atom. The molecule has 1 fully saturated rings. The van der Waals surface area contributed by atoms with Gasteiger partial charge in [-0.25, -0.2) is 0 Å². The van der Waals surface area contributed by atoms with Gasteiger partial charge in [-0.2, -0.15) is 0 Å². The van der Waals surface area contributed by atoms with Crippen LogP contribution >= 0.6 is 0 Å². The van der Waals surface area contributed by atoms with Crippen molar-refractivity contribution in [3.05, 3.63) is 69.1 Å². The Kier molecular flexibility index (Phi) is 6.98. The van der Waals surface area contributed by atoms with Crippen molar-refractivity contribution in [1.29, 1.82) is 0 Å². The van der Waals surface area contributed by atoms with Crippen molar-refractivity contribution >= 4 is 16.9 Å². The van der Waals surface area contributed by atoms with Crippen molar-refractivity contribution in [2.45, 2.75) is 26.3 Å². The molecule has 36 heavy (non-hydrogen) atoms. The number of nitrogens with zero attached hydrogens (tertiary/aromatic N) is 2. The monoisotopic (exact) mass is 492 g/mol. The standard InChI is InChI=1S/C28H32N2O6/c1-4-13-35-22-8-6-19(17-23(22)33-3)25-24-26(31)20-16-18(2)5-7-21(20)36-27(24)28(32)30(25)10-9-29-11-14-34-15-12-29/h5-8,16-17,25H,4,9-15H2,1-3H3/t25-/m0/s1. The molecule has 0 aliphatic carbocycles. The Morgan fingerprint density at radius 2 is 1.83 bits per heavy atom. The van der Waals surface area contributed by atoms with E-state index in [2.05, 4.69) is 4.90 Å². The zero-order chi connectivity index (χ0) is 25.2. The average Bonchev–Trinajstić information content (AvgIpc) is 3.18. The summed E-state index contributed by atoms with van der Waals surface area (Å²) in [7, 11) is 1.59. The number of methoxy groups -OCH3 is 1. The van der Waals surface area contributed by atoms with Crippen molar-refractivity contribution < 1.29 is 23.4 Å². The van der Waals surface area contributed by atoms with Crippen LogP contribution < -0.4 is 14.9 Å². The average molecular weight is 493 g/mol. The molecule has 2 aliphatic rings. The van der Waals surface area contributed by atoms with E-state index in [1.54, 1.807) is 18.1 Å². The number of amides is 1. The van der Waals surface area contributed by atoms with E-state index in [9.17, 15) is 9.59 Å². The van der Waals surface area contributed by atoms with Gasteiger partial charge in [0.05, 0.1) is 43.9 Å². The van der Waals surface area contributed by atoms with Crippen molar-refractivity contribution in [2.75, 3.05) is 53.1 Å². The Labute approximate surface area is 210 Å². The van der Waals surface area contributed by atoms with Crippen molar-refractivity contribution in [1.82, 2.24) is 9.80 Å². The number of aryl methyl sites for hydroxylation is 1. The van der Waals surface area contributed by atoms with Crippen LogP contribution in [0.1, 0.15) is 46.6 Å². The molecule has 2 aromatic carbocycles. The number of carbonyl (C=O) groups is 1. The number of carbonyl (C=O) groups excluding carboxylic acids is 1. The molecule has 0 spiro atoms. The summed E-state index contributed by atoms with van der Waals surface area (Å²) in [4.78, 5) is 31.5. The lowest BCUT2D eigenvalue weighted by atomic mass is 9.97. The van der Waals surface area contributed by atoms with Gasteiger partial charge in [0, 0.05) is 26.2 Å². The Balaban J connectivity index is 1.60. The summed E-state index contributed by atoms with van der Waals surface area (Å²) in [6.07, 6.45) is 0.873. The van der Waals surface area contributed by atoms with E-state index in [-0.39, 0.29) is 17.1 Å². The number of rotatable bonds is 8. The molecule has 1 saturated heterocycles. The fraction of sp³-hybridized carbons (Fsp3) is 0.429. The van der Waals surface area contributed by atoms with Crippen molar-refractivity contribution in [3.8, 4) is 11.5 Å². The molecule has 0 unspecified atom stereocenters. The minimum Gasteiger partial charge on any atom is -0.493 e. The zero-order valence-corrected chi connectivity index (χ0v) is 21.0. The number of benzene rings is 2. The summed E-state index contributed by atoms with van der Waals surface area (Å²) < 4.78 is 23.0. The summed E-state index contributed by atoms with van der Waals surface area (Å²) >= 11 is 0. The van der Waals surface area contributed by atoms with E-state index in [4.69, 9.17) is 18.6 Å². The third-order valence-electron chi connectivity index (χ3n) is 6.85. The maximum absolute atomic E-state index is 13.8. The van der Waals surface area contributed by atoms with Crippen LogP contribution in [0, 0.1) is 6.92 Å². The van der Waals surface area contributed by atoms with E-state index in [1.165, 1.54) is 0 Å². The maximum Gasteiger partial charge on any atom is 0.290 e. The van der Waals surface area contributed by atoms with Gasteiger partial charge >= 0.3 is 0 Å². The third-order valence-corrected chi connectivity index (χ3v) is 6.85. The molecule has 5 rings (SSSR count). The molecule has 8 nitrogen and oxygen atoms in total. The van der Waals surface area contributed by atoms with Gasteiger partial charge in [0.1, 0.15) is 5.58 Å².